The molecule has 2 aliphatic rings. The van der Waals surface area contributed by atoms with Gasteiger partial charge < -0.3 is 9.64 Å². The monoisotopic (exact) mass is 302 g/mol. The van der Waals surface area contributed by atoms with E-state index in [0.717, 1.165) is 31.4 Å². The van der Waals surface area contributed by atoms with Crippen LogP contribution in [0.5, 0.6) is 0 Å². The van der Waals surface area contributed by atoms with Gasteiger partial charge >= 0.3 is 6.09 Å². The van der Waals surface area contributed by atoms with E-state index in [1.165, 1.54) is 0 Å². The zero-order chi connectivity index (χ0) is 15.5. The third-order valence-electron chi connectivity index (χ3n) is 4.66. The number of nitrogens with zero attached hydrogens (tertiary/aromatic N) is 2. The summed E-state index contributed by atoms with van der Waals surface area (Å²) >= 11 is 0. The van der Waals surface area contributed by atoms with Crippen LogP contribution in [0.1, 0.15) is 31.7 Å². The van der Waals surface area contributed by atoms with Crippen LogP contribution < -0.4 is 0 Å². The van der Waals surface area contributed by atoms with Crippen molar-refractivity contribution in [1.29, 1.82) is 0 Å². The molecule has 2 saturated heterocycles. The predicted octanol–water partition coefficient (Wildman–Crippen LogP) is 2.41. The average Bonchev–Trinajstić information content (AvgIpc) is 2.57. The number of amides is 2. The molecule has 0 aliphatic carbocycles. The van der Waals surface area contributed by atoms with E-state index in [4.69, 9.17) is 4.74 Å². The van der Waals surface area contributed by atoms with E-state index in [-0.39, 0.29) is 31.1 Å². The summed E-state index contributed by atoms with van der Waals surface area (Å²) in [6.45, 7) is 3.21. The molecule has 1 aromatic carbocycles. The smallest absolute Gasteiger partial charge is 0.410 e. The van der Waals surface area contributed by atoms with Crippen molar-refractivity contribution in [2.24, 2.45) is 0 Å². The molecule has 118 valence electrons. The molecule has 0 saturated carbocycles. The number of hydrogen-bond acceptors (Lipinski definition) is 3. The number of carbonyl (C=O) groups excluding carboxylic acids is 2. The van der Waals surface area contributed by atoms with Crippen LogP contribution in [0, 0.1) is 0 Å². The maximum Gasteiger partial charge on any atom is 0.410 e. The SMILES string of the molecule is CC1C2CCCCN2C(=O)CN1C(=O)OCc1ccccc1. The fourth-order valence-corrected chi connectivity index (χ4v) is 3.39. The van der Waals surface area contributed by atoms with Crippen LogP contribution in [0.3, 0.4) is 0 Å². The normalized spacial score (nSPS) is 24.9. The first-order valence-corrected chi connectivity index (χ1v) is 7.93. The van der Waals surface area contributed by atoms with Gasteiger partial charge in [-0.3, -0.25) is 9.69 Å². The molecule has 22 heavy (non-hydrogen) atoms. The van der Waals surface area contributed by atoms with Crippen molar-refractivity contribution in [1.82, 2.24) is 9.80 Å². The maximum atomic E-state index is 12.3. The molecule has 2 amide bonds. The van der Waals surface area contributed by atoms with E-state index in [0.29, 0.717) is 0 Å². The standard InChI is InChI=1S/C17H22N2O3/c1-13-15-9-5-6-10-18(15)16(20)11-19(13)17(21)22-12-14-7-3-2-4-8-14/h2-4,7-8,13,15H,5-6,9-12H2,1H3. The summed E-state index contributed by atoms with van der Waals surface area (Å²) in [6.07, 6.45) is 2.75. The summed E-state index contributed by atoms with van der Waals surface area (Å²) in [5.41, 5.74) is 0.950. The second kappa shape index (κ2) is 6.38. The molecule has 2 unspecified atom stereocenters. The number of rotatable bonds is 2. The summed E-state index contributed by atoms with van der Waals surface area (Å²) < 4.78 is 5.38. The fourth-order valence-electron chi connectivity index (χ4n) is 3.39. The minimum absolute atomic E-state index is 0.0151. The zero-order valence-corrected chi connectivity index (χ0v) is 12.9. The molecule has 5 nitrogen and oxygen atoms in total. The lowest BCUT2D eigenvalue weighted by Gasteiger charge is -2.47. The van der Waals surface area contributed by atoms with Crippen molar-refractivity contribution < 1.29 is 14.3 Å². The summed E-state index contributed by atoms with van der Waals surface area (Å²) in [5.74, 6) is 0.0412. The Morgan fingerprint density at radius 1 is 1.27 bits per heavy atom. The zero-order valence-electron chi connectivity index (χ0n) is 12.9. The minimum Gasteiger partial charge on any atom is -0.445 e. The molecule has 2 fully saturated rings. The van der Waals surface area contributed by atoms with Crippen LogP contribution in [-0.4, -0.2) is 47.0 Å². The van der Waals surface area contributed by atoms with Crippen LogP contribution in [0.15, 0.2) is 30.3 Å². The second-order valence-electron chi connectivity index (χ2n) is 6.06. The number of benzene rings is 1. The van der Waals surface area contributed by atoms with Gasteiger partial charge in [0, 0.05) is 6.54 Å². The molecule has 0 spiro atoms. The fraction of sp³-hybridized carbons (Fsp3) is 0.529. The van der Waals surface area contributed by atoms with E-state index in [1.54, 1.807) is 4.90 Å². The third-order valence-corrected chi connectivity index (χ3v) is 4.66. The Morgan fingerprint density at radius 2 is 2.05 bits per heavy atom. The van der Waals surface area contributed by atoms with Crippen LogP contribution in [-0.2, 0) is 16.1 Å². The second-order valence-corrected chi connectivity index (χ2v) is 6.06. The van der Waals surface area contributed by atoms with E-state index in [2.05, 4.69) is 0 Å². The Hall–Kier alpha value is -2.04. The quantitative estimate of drug-likeness (QED) is 0.843. The van der Waals surface area contributed by atoms with Crippen molar-refractivity contribution in [3.8, 4) is 0 Å². The Kier molecular flexibility index (Phi) is 4.32. The molecule has 2 heterocycles. The number of fused-ring (bicyclic) bond motifs is 1. The van der Waals surface area contributed by atoms with Crippen molar-refractivity contribution in [2.75, 3.05) is 13.1 Å². The topological polar surface area (TPSA) is 49.9 Å². The van der Waals surface area contributed by atoms with Gasteiger partial charge in [0.1, 0.15) is 13.2 Å². The Balaban J connectivity index is 1.63. The molecule has 5 heteroatoms. The molecule has 2 aliphatic heterocycles. The molecule has 0 N–H and O–H groups in total. The first-order valence-electron chi connectivity index (χ1n) is 7.93. The molecular formula is C17H22N2O3. The number of hydrogen-bond donors (Lipinski definition) is 0. The lowest BCUT2D eigenvalue weighted by molar-refractivity contribution is -0.144. The molecule has 1 aromatic rings. The molecule has 0 aromatic heterocycles. The molecule has 2 atom stereocenters. The summed E-state index contributed by atoms with van der Waals surface area (Å²) in [7, 11) is 0. The van der Waals surface area contributed by atoms with Crippen LogP contribution in [0.4, 0.5) is 4.79 Å². The highest BCUT2D eigenvalue weighted by atomic mass is 16.6. The van der Waals surface area contributed by atoms with Gasteiger partial charge in [-0.15, -0.1) is 0 Å². The Morgan fingerprint density at radius 3 is 2.82 bits per heavy atom. The first kappa shape index (κ1) is 14.9. The largest absolute Gasteiger partial charge is 0.445 e. The van der Waals surface area contributed by atoms with Gasteiger partial charge in [0.25, 0.3) is 0 Å². The van der Waals surface area contributed by atoms with Gasteiger partial charge in [0.15, 0.2) is 0 Å². The highest BCUT2D eigenvalue weighted by molar-refractivity contribution is 5.84. The lowest BCUT2D eigenvalue weighted by atomic mass is 9.93. The maximum absolute atomic E-state index is 12.3. The summed E-state index contributed by atoms with van der Waals surface area (Å²) in [6, 6.07) is 9.74. The number of piperazine rings is 1. The van der Waals surface area contributed by atoms with Gasteiger partial charge in [-0.1, -0.05) is 30.3 Å². The van der Waals surface area contributed by atoms with E-state index >= 15 is 0 Å². The predicted molar refractivity (Wildman–Crippen MR) is 82.1 cm³/mol. The Labute approximate surface area is 130 Å². The third kappa shape index (κ3) is 2.93. The van der Waals surface area contributed by atoms with Gasteiger partial charge in [-0.2, -0.15) is 0 Å². The summed E-state index contributed by atoms with van der Waals surface area (Å²) in [5, 5.41) is 0. The van der Waals surface area contributed by atoms with Crippen molar-refractivity contribution in [2.45, 2.75) is 44.9 Å². The number of ether oxygens (including phenoxy) is 1. The first-order chi connectivity index (χ1) is 10.7. The van der Waals surface area contributed by atoms with Crippen LogP contribution in [0.2, 0.25) is 0 Å². The highest BCUT2D eigenvalue weighted by Crippen LogP contribution is 2.27. The van der Waals surface area contributed by atoms with E-state index < -0.39 is 6.09 Å². The van der Waals surface area contributed by atoms with Gasteiger partial charge in [-0.05, 0) is 31.7 Å². The van der Waals surface area contributed by atoms with Gasteiger partial charge in [-0.25, -0.2) is 4.79 Å². The molecule has 3 rings (SSSR count). The summed E-state index contributed by atoms with van der Waals surface area (Å²) in [4.78, 5) is 28.1. The van der Waals surface area contributed by atoms with Crippen molar-refractivity contribution >= 4 is 12.0 Å². The lowest BCUT2D eigenvalue weighted by Crippen LogP contribution is -2.63. The van der Waals surface area contributed by atoms with Gasteiger partial charge in [0.05, 0.1) is 12.1 Å². The van der Waals surface area contributed by atoms with E-state index in [9.17, 15) is 9.59 Å². The minimum atomic E-state index is -0.394. The van der Waals surface area contributed by atoms with Crippen molar-refractivity contribution in [3.63, 3.8) is 0 Å². The van der Waals surface area contributed by atoms with E-state index in [1.807, 2.05) is 42.2 Å². The van der Waals surface area contributed by atoms with Crippen molar-refractivity contribution in [3.05, 3.63) is 35.9 Å². The number of carbonyl (C=O) groups is 2. The molecule has 0 radical (unpaired) electrons. The van der Waals surface area contributed by atoms with Gasteiger partial charge in [0.2, 0.25) is 5.91 Å². The Bertz CT molecular complexity index is 546. The van der Waals surface area contributed by atoms with Crippen LogP contribution >= 0.6 is 0 Å². The number of piperidine rings is 1. The average molecular weight is 302 g/mol. The molecular weight excluding hydrogens is 280 g/mol. The molecule has 0 bridgehead atoms. The highest BCUT2D eigenvalue weighted by Gasteiger charge is 2.41. The van der Waals surface area contributed by atoms with Crippen LogP contribution in [0.25, 0.3) is 0 Å².